The lowest BCUT2D eigenvalue weighted by atomic mass is 9.99. The molecule has 1 atom stereocenters. The van der Waals surface area contributed by atoms with E-state index in [-0.39, 0.29) is 11.9 Å². The van der Waals surface area contributed by atoms with Crippen molar-refractivity contribution < 1.29 is 4.79 Å². The zero-order valence-corrected chi connectivity index (χ0v) is 17.0. The molecule has 0 aliphatic rings. The molecule has 146 valence electrons. The Balaban J connectivity index is 1.66. The maximum Gasteiger partial charge on any atom is 0.252 e. The van der Waals surface area contributed by atoms with Crippen LogP contribution in [0.15, 0.2) is 79.0 Å². The molecule has 0 saturated carbocycles. The van der Waals surface area contributed by atoms with Crippen LogP contribution in [0.25, 0.3) is 16.8 Å². The monoisotopic (exact) mass is 402 g/mol. The summed E-state index contributed by atoms with van der Waals surface area (Å²) in [4.78, 5) is 13.3. The van der Waals surface area contributed by atoms with Crippen LogP contribution in [0, 0.1) is 0 Å². The Hall–Kier alpha value is -3.12. The Morgan fingerprint density at radius 3 is 2.59 bits per heavy atom. The first-order valence-electron chi connectivity index (χ1n) is 9.52. The molecule has 1 N–H and O–H groups in total. The van der Waals surface area contributed by atoms with Crippen LogP contribution in [0.2, 0.25) is 0 Å². The SMILES string of the molecule is CSCC[C@H](NC(=O)c1ccccc1-c1ccccc1)c1nnc2ccccn12. The second kappa shape index (κ2) is 8.92. The van der Waals surface area contributed by atoms with Crippen molar-refractivity contribution in [3.8, 4) is 11.1 Å². The number of carbonyl (C=O) groups is 1. The van der Waals surface area contributed by atoms with E-state index in [1.54, 1.807) is 11.8 Å². The Labute approximate surface area is 174 Å². The van der Waals surface area contributed by atoms with E-state index in [0.29, 0.717) is 5.56 Å². The van der Waals surface area contributed by atoms with Crippen LogP contribution < -0.4 is 5.32 Å². The number of nitrogens with zero attached hydrogens (tertiary/aromatic N) is 3. The molecule has 0 aliphatic heterocycles. The molecule has 4 rings (SSSR count). The fourth-order valence-corrected chi connectivity index (χ4v) is 3.86. The number of amides is 1. The molecule has 29 heavy (non-hydrogen) atoms. The van der Waals surface area contributed by atoms with E-state index in [4.69, 9.17) is 0 Å². The highest BCUT2D eigenvalue weighted by atomic mass is 32.2. The van der Waals surface area contributed by atoms with Gasteiger partial charge in [0, 0.05) is 11.8 Å². The lowest BCUT2D eigenvalue weighted by Crippen LogP contribution is -2.30. The molecular formula is C23H22N4OS. The van der Waals surface area contributed by atoms with Gasteiger partial charge in [-0.25, -0.2) is 0 Å². The molecule has 0 unspecified atom stereocenters. The summed E-state index contributed by atoms with van der Waals surface area (Å²) in [5, 5.41) is 11.8. The molecule has 0 spiro atoms. The number of fused-ring (bicyclic) bond motifs is 1. The van der Waals surface area contributed by atoms with E-state index in [0.717, 1.165) is 34.8 Å². The Kier molecular flexibility index (Phi) is 5.91. The molecule has 6 heteroatoms. The fourth-order valence-electron chi connectivity index (χ4n) is 3.39. The van der Waals surface area contributed by atoms with E-state index >= 15 is 0 Å². The van der Waals surface area contributed by atoms with E-state index < -0.39 is 0 Å². The van der Waals surface area contributed by atoms with Crippen molar-refractivity contribution in [2.75, 3.05) is 12.0 Å². The summed E-state index contributed by atoms with van der Waals surface area (Å²) >= 11 is 1.75. The van der Waals surface area contributed by atoms with Crippen LogP contribution >= 0.6 is 11.8 Å². The number of carbonyl (C=O) groups excluding carboxylic acids is 1. The van der Waals surface area contributed by atoms with Crippen molar-refractivity contribution in [3.05, 3.63) is 90.4 Å². The highest BCUT2D eigenvalue weighted by Gasteiger charge is 2.22. The smallest absolute Gasteiger partial charge is 0.252 e. The number of benzene rings is 2. The van der Waals surface area contributed by atoms with Gasteiger partial charge in [-0.2, -0.15) is 11.8 Å². The number of nitrogens with one attached hydrogen (secondary N) is 1. The van der Waals surface area contributed by atoms with Gasteiger partial charge in [0.1, 0.15) is 0 Å². The van der Waals surface area contributed by atoms with Gasteiger partial charge >= 0.3 is 0 Å². The molecule has 0 radical (unpaired) electrons. The summed E-state index contributed by atoms with van der Waals surface area (Å²) in [7, 11) is 0. The van der Waals surface area contributed by atoms with Gasteiger partial charge in [-0.1, -0.05) is 54.6 Å². The van der Waals surface area contributed by atoms with Gasteiger partial charge in [-0.15, -0.1) is 10.2 Å². The van der Waals surface area contributed by atoms with Crippen molar-refractivity contribution in [2.45, 2.75) is 12.5 Å². The number of hydrogen-bond donors (Lipinski definition) is 1. The van der Waals surface area contributed by atoms with Crippen molar-refractivity contribution >= 4 is 23.3 Å². The standard InChI is InChI=1S/C23H22N4OS/c1-29-16-14-20(22-26-25-21-13-7-8-15-27(21)22)24-23(28)19-12-6-5-11-18(19)17-9-3-2-4-10-17/h2-13,15,20H,14,16H2,1H3,(H,24,28)/t20-/m0/s1. The molecule has 0 saturated heterocycles. The molecule has 5 nitrogen and oxygen atoms in total. The van der Waals surface area contributed by atoms with Crippen LogP contribution in [0.1, 0.15) is 28.6 Å². The number of hydrogen-bond acceptors (Lipinski definition) is 4. The van der Waals surface area contributed by atoms with Crippen LogP contribution in [-0.2, 0) is 0 Å². The molecule has 1 amide bonds. The summed E-state index contributed by atoms with van der Waals surface area (Å²) in [6.07, 6.45) is 4.77. The Morgan fingerprint density at radius 1 is 1.00 bits per heavy atom. The lowest BCUT2D eigenvalue weighted by Gasteiger charge is -2.18. The largest absolute Gasteiger partial charge is 0.342 e. The first-order chi connectivity index (χ1) is 14.3. The van der Waals surface area contributed by atoms with Crippen LogP contribution in [0.5, 0.6) is 0 Å². The minimum atomic E-state index is -0.226. The van der Waals surface area contributed by atoms with Crippen LogP contribution in [0.4, 0.5) is 0 Å². The first-order valence-corrected chi connectivity index (χ1v) is 10.9. The normalized spacial score (nSPS) is 12.0. The summed E-state index contributed by atoms with van der Waals surface area (Å²) in [6, 6.07) is 23.2. The Morgan fingerprint density at radius 2 is 1.76 bits per heavy atom. The minimum Gasteiger partial charge on any atom is -0.342 e. The average molecular weight is 403 g/mol. The van der Waals surface area contributed by atoms with E-state index in [1.807, 2.05) is 83.4 Å². The fraction of sp³-hybridized carbons (Fsp3) is 0.174. The Bertz CT molecular complexity index is 1110. The van der Waals surface area contributed by atoms with Crippen molar-refractivity contribution in [1.82, 2.24) is 19.9 Å². The van der Waals surface area contributed by atoms with E-state index in [2.05, 4.69) is 21.8 Å². The zero-order valence-electron chi connectivity index (χ0n) is 16.2. The number of aromatic nitrogens is 3. The van der Waals surface area contributed by atoms with Crippen LogP contribution in [0.3, 0.4) is 0 Å². The van der Waals surface area contributed by atoms with Gasteiger partial charge < -0.3 is 5.32 Å². The summed E-state index contributed by atoms with van der Waals surface area (Å²) in [5.74, 6) is 1.55. The molecule has 0 bridgehead atoms. The van der Waals surface area contributed by atoms with E-state index in [1.165, 1.54) is 0 Å². The zero-order chi connectivity index (χ0) is 20.1. The maximum atomic E-state index is 13.3. The third-order valence-corrected chi connectivity index (χ3v) is 5.47. The second-order valence-electron chi connectivity index (χ2n) is 6.71. The van der Waals surface area contributed by atoms with Crippen molar-refractivity contribution in [3.63, 3.8) is 0 Å². The predicted molar refractivity (Wildman–Crippen MR) is 118 cm³/mol. The average Bonchev–Trinajstić information content (AvgIpc) is 3.21. The molecule has 4 aromatic rings. The van der Waals surface area contributed by atoms with Gasteiger partial charge in [-0.05, 0) is 47.8 Å². The number of rotatable bonds is 7. The molecular weight excluding hydrogens is 380 g/mol. The predicted octanol–water partition coefficient (Wildman–Crippen LogP) is 4.62. The van der Waals surface area contributed by atoms with Gasteiger partial charge in [0.2, 0.25) is 0 Å². The third-order valence-electron chi connectivity index (χ3n) is 4.82. The van der Waals surface area contributed by atoms with Gasteiger partial charge in [0.05, 0.1) is 6.04 Å². The summed E-state index contributed by atoms with van der Waals surface area (Å²) < 4.78 is 1.94. The van der Waals surface area contributed by atoms with Gasteiger partial charge in [0.25, 0.3) is 5.91 Å². The second-order valence-corrected chi connectivity index (χ2v) is 7.69. The van der Waals surface area contributed by atoms with E-state index in [9.17, 15) is 4.79 Å². The third kappa shape index (κ3) is 4.17. The molecule has 2 aromatic carbocycles. The first kappa shape index (κ1) is 19.2. The molecule has 0 aliphatic carbocycles. The lowest BCUT2D eigenvalue weighted by molar-refractivity contribution is 0.0934. The minimum absolute atomic E-state index is 0.108. The van der Waals surface area contributed by atoms with Gasteiger partial charge in [-0.3, -0.25) is 9.20 Å². The molecule has 0 fully saturated rings. The highest BCUT2D eigenvalue weighted by Crippen LogP contribution is 2.25. The van der Waals surface area contributed by atoms with Crippen molar-refractivity contribution in [1.29, 1.82) is 0 Å². The number of pyridine rings is 1. The van der Waals surface area contributed by atoms with Crippen LogP contribution in [-0.4, -0.2) is 32.5 Å². The summed E-state index contributed by atoms with van der Waals surface area (Å²) in [6.45, 7) is 0. The molecule has 2 heterocycles. The maximum absolute atomic E-state index is 13.3. The molecule has 2 aromatic heterocycles. The number of thioether (sulfide) groups is 1. The van der Waals surface area contributed by atoms with Crippen molar-refractivity contribution in [2.24, 2.45) is 0 Å². The topological polar surface area (TPSA) is 59.3 Å². The van der Waals surface area contributed by atoms with Gasteiger partial charge in [0.15, 0.2) is 11.5 Å². The summed E-state index contributed by atoms with van der Waals surface area (Å²) in [5.41, 5.74) is 3.37. The quantitative estimate of drug-likeness (QED) is 0.490. The highest BCUT2D eigenvalue weighted by molar-refractivity contribution is 7.98.